The second kappa shape index (κ2) is 27.1. The van der Waals surface area contributed by atoms with E-state index in [0.29, 0.717) is 53.9 Å². The number of aliphatic hydroxyl groups is 1. The number of benzene rings is 3. The Balaban J connectivity index is 0.00000222. The Bertz CT molecular complexity index is 1590. The molecule has 4 N–H and O–H groups in total. The van der Waals surface area contributed by atoms with Crippen LogP contribution in [0, 0.1) is 18.7 Å². The molecular formula is C41H56ClFN6O4. The van der Waals surface area contributed by atoms with Crippen molar-refractivity contribution in [2.45, 2.75) is 32.7 Å². The van der Waals surface area contributed by atoms with Crippen LogP contribution in [0.2, 0.25) is 5.02 Å². The Morgan fingerprint density at radius 3 is 2.36 bits per heavy atom. The number of nitrogens with zero attached hydrogens (tertiary/aromatic N) is 4. The molecule has 10 nitrogen and oxygen atoms in total. The highest BCUT2D eigenvalue weighted by Gasteiger charge is 2.23. The zero-order valence-electron chi connectivity index (χ0n) is 31.6. The van der Waals surface area contributed by atoms with E-state index < -0.39 is 0 Å². The minimum Gasteiger partial charge on any atom is -0.400 e. The summed E-state index contributed by atoms with van der Waals surface area (Å²) in [6.07, 6.45) is 8.29. The van der Waals surface area contributed by atoms with Gasteiger partial charge in [-0.3, -0.25) is 14.8 Å². The van der Waals surface area contributed by atoms with Crippen molar-refractivity contribution >= 4 is 49.1 Å². The van der Waals surface area contributed by atoms with E-state index in [-0.39, 0.29) is 11.7 Å². The maximum Gasteiger partial charge on any atom is 0.251 e. The summed E-state index contributed by atoms with van der Waals surface area (Å²) in [7, 11) is 4.20. The SMILES string of the molecule is C=N/C(=C\C=C/Cc1ccc(Cl)cc1F)C1CCN(CCN(CCOC)c2ccc(C(=O)NCc3ccc(C)cc3)cc2N=C)CC1.C=O.CN.CO. The normalized spacial score (nSPS) is 13.0. The van der Waals surface area contributed by atoms with E-state index in [1.807, 2.05) is 68.3 Å². The molecule has 3 aromatic carbocycles. The van der Waals surface area contributed by atoms with E-state index in [1.54, 1.807) is 25.3 Å². The lowest BCUT2D eigenvalue weighted by Crippen LogP contribution is -2.41. The number of nitrogens with one attached hydrogen (secondary N) is 1. The number of amides is 1. The van der Waals surface area contributed by atoms with E-state index in [4.69, 9.17) is 26.2 Å². The van der Waals surface area contributed by atoms with Crippen LogP contribution >= 0.6 is 11.6 Å². The lowest BCUT2D eigenvalue weighted by atomic mass is 9.93. The maximum absolute atomic E-state index is 14.1. The van der Waals surface area contributed by atoms with Gasteiger partial charge in [-0.25, -0.2) is 4.39 Å². The van der Waals surface area contributed by atoms with E-state index in [1.165, 1.54) is 18.7 Å². The molecule has 12 heteroatoms. The fraction of sp³-hybridized carbons (Fsp3) is 0.366. The highest BCUT2D eigenvalue weighted by Crippen LogP contribution is 2.30. The molecule has 1 saturated heterocycles. The van der Waals surface area contributed by atoms with E-state index in [2.05, 4.69) is 44.3 Å². The smallest absolute Gasteiger partial charge is 0.251 e. The number of nitrogens with two attached hydrogens (primary N) is 1. The molecule has 0 aliphatic carbocycles. The quantitative estimate of drug-likeness (QED) is 0.111. The minimum atomic E-state index is -0.299. The average Bonchev–Trinajstić information content (AvgIpc) is 3.20. The lowest BCUT2D eigenvalue weighted by molar-refractivity contribution is -0.0980. The first-order valence-electron chi connectivity index (χ1n) is 17.3. The number of anilines is 1. The van der Waals surface area contributed by atoms with Crippen LogP contribution in [0.4, 0.5) is 15.8 Å². The molecule has 1 aliphatic heterocycles. The number of aliphatic hydroxyl groups excluding tert-OH is 1. The molecule has 0 saturated carbocycles. The molecule has 288 valence electrons. The van der Waals surface area contributed by atoms with Crippen molar-refractivity contribution in [2.24, 2.45) is 21.6 Å². The zero-order chi connectivity index (χ0) is 39.6. The third kappa shape index (κ3) is 15.9. The molecule has 53 heavy (non-hydrogen) atoms. The standard InChI is InChI=1S/C38H45ClFN5O2.CH5N.CH4O.CH2O/c1-28-9-11-29(12-10-28)27-43-38(46)32-14-16-37(36(25-32)42-3)45(23-24-47-4)22-21-44-19-17-31(18-20-44)35(41-2)8-6-5-7-30-13-15-33(39)26-34(30)40;3*1-2/h5-6,8-16,25-26,31H,2-3,7,17-24,27H2,1,4H3,(H,43,46);2H2,1H3;2H,1H3;1H2/b6-5-,35-8-;;;. The molecule has 4 rings (SSSR count). The van der Waals surface area contributed by atoms with Crippen LogP contribution in [0.25, 0.3) is 0 Å². The summed E-state index contributed by atoms with van der Waals surface area (Å²) in [6.45, 7) is 16.9. The monoisotopic (exact) mass is 750 g/mol. The molecule has 0 unspecified atom stereocenters. The fourth-order valence-corrected chi connectivity index (χ4v) is 5.84. The van der Waals surface area contributed by atoms with Crippen molar-refractivity contribution in [2.75, 3.05) is 65.5 Å². The predicted octanol–water partition coefficient (Wildman–Crippen LogP) is 6.60. The fourth-order valence-electron chi connectivity index (χ4n) is 5.68. The van der Waals surface area contributed by atoms with Crippen LogP contribution in [0.15, 0.2) is 94.6 Å². The van der Waals surface area contributed by atoms with Gasteiger partial charge >= 0.3 is 0 Å². The predicted molar refractivity (Wildman–Crippen MR) is 219 cm³/mol. The van der Waals surface area contributed by atoms with Gasteiger partial charge in [0, 0.05) is 62.6 Å². The summed E-state index contributed by atoms with van der Waals surface area (Å²) in [5, 5.41) is 10.4. The first-order chi connectivity index (χ1) is 25.8. The summed E-state index contributed by atoms with van der Waals surface area (Å²) in [5.74, 6) is -0.124. The third-order valence-corrected chi connectivity index (χ3v) is 8.75. The molecule has 0 spiro atoms. The number of ether oxygens (including phenoxy) is 1. The second-order valence-corrected chi connectivity index (χ2v) is 12.2. The number of aliphatic imine (C=N–C) groups is 2. The first-order valence-corrected chi connectivity index (χ1v) is 17.7. The van der Waals surface area contributed by atoms with Gasteiger partial charge in [-0.2, -0.15) is 0 Å². The summed E-state index contributed by atoms with van der Waals surface area (Å²) in [5.41, 5.74) is 10.4. The Hall–Kier alpha value is -4.52. The number of hydrogen-bond donors (Lipinski definition) is 3. The first kappa shape index (κ1) is 46.5. The van der Waals surface area contributed by atoms with Crippen molar-refractivity contribution in [1.29, 1.82) is 0 Å². The number of aryl methyl sites for hydroxylation is 1. The van der Waals surface area contributed by atoms with Gasteiger partial charge in [-0.1, -0.05) is 59.6 Å². The average molecular weight is 751 g/mol. The van der Waals surface area contributed by atoms with E-state index in [0.717, 1.165) is 63.1 Å². The Kier molecular flexibility index (Phi) is 23.8. The van der Waals surface area contributed by atoms with Gasteiger partial charge in [0.2, 0.25) is 0 Å². The van der Waals surface area contributed by atoms with Crippen LogP contribution in [0.3, 0.4) is 0 Å². The van der Waals surface area contributed by atoms with Crippen LogP contribution < -0.4 is 16.0 Å². The molecule has 3 aromatic rings. The maximum atomic E-state index is 14.1. The van der Waals surface area contributed by atoms with Gasteiger partial charge in [-0.15, -0.1) is 0 Å². The van der Waals surface area contributed by atoms with Crippen molar-refractivity contribution in [1.82, 2.24) is 10.2 Å². The Labute approximate surface area is 319 Å². The number of likely N-dealkylation sites (tertiary alicyclic amines) is 1. The Morgan fingerprint density at radius 1 is 1.08 bits per heavy atom. The number of piperidine rings is 1. The van der Waals surface area contributed by atoms with Gasteiger partial charge in [0.1, 0.15) is 12.6 Å². The number of rotatable bonds is 16. The molecule has 1 amide bonds. The Morgan fingerprint density at radius 2 is 1.75 bits per heavy atom. The van der Waals surface area contributed by atoms with Crippen molar-refractivity contribution in [3.8, 4) is 0 Å². The molecule has 0 bridgehead atoms. The van der Waals surface area contributed by atoms with Gasteiger partial charge in [0.05, 0.1) is 18.0 Å². The number of hydrogen-bond acceptors (Lipinski definition) is 9. The van der Waals surface area contributed by atoms with Gasteiger partial charge in [0.15, 0.2) is 0 Å². The van der Waals surface area contributed by atoms with Crippen LogP contribution in [0.1, 0.15) is 39.9 Å². The largest absolute Gasteiger partial charge is 0.400 e. The summed E-state index contributed by atoms with van der Waals surface area (Å²) < 4.78 is 19.5. The zero-order valence-corrected chi connectivity index (χ0v) is 32.3. The molecule has 0 atom stereocenters. The van der Waals surface area contributed by atoms with Crippen molar-refractivity contribution in [3.63, 3.8) is 0 Å². The van der Waals surface area contributed by atoms with Gasteiger partial charge in [-0.05, 0) is 107 Å². The van der Waals surface area contributed by atoms with Crippen LogP contribution in [0.5, 0.6) is 0 Å². The number of carbonyl (C=O) groups is 2. The third-order valence-electron chi connectivity index (χ3n) is 8.52. The van der Waals surface area contributed by atoms with Gasteiger partial charge in [0.25, 0.3) is 5.91 Å². The molecular weight excluding hydrogens is 695 g/mol. The highest BCUT2D eigenvalue weighted by atomic mass is 35.5. The number of allylic oxidation sites excluding steroid dienone is 4. The van der Waals surface area contributed by atoms with Crippen molar-refractivity contribution < 1.29 is 23.8 Å². The van der Waals surface area contributed by atoms with Crippen molar-refractivity contribution in [3.05, 3.63) is 118 Å². The topological polar surface area (TPSA) is 133 Å². The molecule has 0 aromatic heterocycles. The minimum absolute atomic E-state index is 0.151. The summed E-state index contributed by atoms with van der Waals surface area (Å²) in [6, 6.07) is 18.5. The summed E-state index contributed by atoms with van der Waals surface area (Å²) >= 11 is 5.86. The number of halogens is 2. The molecule has 1 aliphatic rings. The van der Waals surface area contributed by atoms with Gasteiger partial charge < -0.3 is 35.5 Å². The molecule has 1 fully saturated rings. The highest BCUT2D eigenvalue weighted by molar-refractivity contribution is 6.30. The summed E-state index contributed by atoms with van der Waals surface area (Å²) in [4.78, 5) is 34.2. The van der Waals surface area contributed by atoms with E-state index in [9.17, 15) is 9.18 Å². The second-order valence-electron chi connectivity index (χ2n) is 11.7. The number of methoxy groups -OCH3 is 1. The lowest BCUT2D eigenvalue weighted by Gasteiger charge is -2.34. The molecule has 0 radical (unpaired) electrons. The van der Waals surface area contributed by atoms with Crippen LogP contribution in [-0.4, -0.2) is 96.7 Å². The molecule has 1 heterocycles. The van der Waals surface area contributed by atoms with E-state index >= 15 is 0 Å². The number of carbonyl (C=O) groups excluding carboxylic acids is 2. The van der Waals surface area contributed by atoms with Crippen LogP contribution in [-0.2, 0) is 22.5 Å².